The van der Waals surface area contributed by atoms with Gasteiger partial charge in [-0.05, 0) is 96.3 Å². The van der Waals surface area contributed by atoms with Crippen LogP contribution in [-0.4, -0.2) is 37.2 Å². The second kappa shape index (κ2) is 56.4. The Balaban J connectivity index is 4.17. The number of hydrogen-bond acceptors (Lipinski definition) is 6. The predicted molar refractivity (Wildman–Crippen MR) is 297 cm³/mol. The van der Waals surface area contributed by atoms with Gasteiger partial charge in [-0.1, -0.05) is 245 Å². The summed E-state index contributed by atoms with van der Waals surface area (Å²) in [5.74, 6) is -0.956. The molecule has 0 aliphatic rings. The summed E-state index contributed by atoms with van der Waals surface area (Å²) < 4.78 is 16.6. The molecule has 0 heterocycles. The Morgan fingerprint density at radius 3 is 0.884 bits per heavy atom. The number of allylic oxidation sites excluding steroid dienone is 20. The van der Waals surface area contributed by atoms with E-state index in [2.05, 4.69) is 142 Å². The Hall–Kier alpha value is -4.19. The fourth-order valence-corrected chi connectivity index (χ4v) is 7.29. The lowest BCUT2D eigenvalue weighted by atomic mass is 10.0. The minimum atomic E-state index is -0.791. The van der Waals surface area contributed by atoms with Crippen molar-refractivity contribution in [3.05, 3.63) is 122 Å². The van der Waals surface area contributed by atoms with Crippen molar-refractivity contribution in [2.45, 2.75) is 245 Å². The van der Waals surface area contributed by atoms with Gasteiger partial charge in [0.05, 0.1) is 0 Å². The number of esters is 3. The first kappa shape index (κ1) is 64.8. The molecule has 0 aliphatic heterocycles. The summed E-state index contributed by atoms with van der Waals surface area (Å²) in [6.07, 6.45) is 78.1. The van der Waals surface area contributed by atoms with Gasteiger partial charge in [0, 0.05) is 19.3 Å². The van der Waals surface area contributed by atoms with Crippen LogP contribution in [0.4, 0.5) is 0 Å². The van der Waals surface area contributed by atoms with E-state index in [1.165, 1.54) is 64.2 Å². The highest BCUT2D eigenvalue weighted by molar-refractivity contribution is 5.71. The molecule has 0 aromatic carbocycles. The largest absolute Gasteiger partial charge is 0.462 e. The lowest BCUT2D eigenvalue weighted by Gasteiger charge is -2.18. The first-order chi connectivity index (χ1) is 34.0. The van der Waals surface area contributed by atoms with Crippen LogP contribution in [0.3, 0.4) is 0 Å². The number of carbonyl (C=O) groups is 3. The number of carbonyl (C=O) groups excluding carboxylic acids is 3. The SMILES string of the molecule is CC/C=C\C/C=C\C/C=C\C/C=C\C/C=C\C/C=C\C/C=C\C/C=C\C/C=C\C/C=C\CCCCC(=O)OCC(COC(=O)CCCCCCC)OC(=O)CCCCCCCCCCCCCCC. The monoisotopic (exact) mass is 955 g/mol. The Morgan fingerprint density at radius 1 is 0.304 bits per heavy atom. The zero-order chi connectivity index (χ0) is 50.0. The molecule has 0 spiro atoms. The van der Waals surface area contributed by atoms with E-state index in [0.717, 1.165) is 135 Å². The molecule has 0 radical (unpaired) electrons. The molecular weight excluding hydrogens is 853 g/mol. The maximum atomic E-state index is 12.7. The van der Waals surface area contributed by atoms with Crippen LogP contribution < -0.4 is 0 Å². The predicted octanol–water partition coefficient (Wildman–Crippen LogP) is 18.9. The third-order valence-corrected chi connectivity index (χ3v) is 11.5. The Bertz CT molecular complexity index is 1470. The number of rotatable bonds is 49. The molecule has 0 saturated heterocycles. The first-order valence-electron chi connectivity index (χ1n) is 28.0. The maximum Gasteiger partial charge on any atom is 0.306 e. The first-order valence-corrected chi connectivity index (χ1v) is 28.0. The summed E-state index contributed by atoms with van der Waals surface area (Å²) >= 11 is 0. The van der Waals surface area contributed by atoms with Crippen molar-refractivity contribution in [3.63, 3.8) is 0 Å². The molecule has 0 aromatic heterocycles. The molecule has 0 rings (SSSR count). The normalized spacial score (nSPS) is 13.0. The van der Waals surface area contributed by atoms with Crippen molar-refractivity contribution < 1.29 is 28.6 Å². The topological polar surface area (TPSA) is 78.9 Å². The summed E-state index contributed by atoms with van der Waals surface area (Å²) in [6, 6.07) is 0. The third-order valence-electron chi connectivity index (χ3n) is 11.5. The van der Waals surface area contributed by atoms with Crippen molar-refractivity contribution in [2.75, 3.05) is 13.2 Å². The molecule has 69 heavy (non-hydrogen) atoms. The Labute approximate surface area is 424 Å². The smallest absolute Gasteiger partial charge is 0.306 e. The van der Waals surface area contributed by atoms with Crippen LogP contribution in [-0.2, 0) is 28.6 Å². The van der Waals surface area contributed by atoms with E-state index < -0.39 is 6.10 Å². The number of hydrogen-bond donors (Lipinski definition) is 0. The minimum absolute atomic E-state index is 0.0927. The highest BCUT2D eigenvalue weighted by Crippen LogP contribution is 2.14. The molecule has 1 unspecified atom stereocenters. The molecule has 0 bridgehead atoms. The quantitative estimate of drug-likeness (QED) is 0.0262. The lowest BCUT2D eigenvalue weighted by Crippen LogP contribution is -2.30. The second-order valence-electron chi connectivity index (χ2n) is 18.1. The Morgan fingerprint density at radius 2 is 0.565 bits per heavy atom. The zero-order valence-electron chi connectivity index (χ0n) is 44.5. The van der Waals surface area contributed by atoms with Crippen LogP contribution in [0.2, 0.25) is 0 Å². The van der Waals surface area contributed by atoms with Crippen LogP contribution in [0.5, 0.6) is 0 Å². The van der Waals surface area contributed by atoms with Crippen molar-refractivity contribution in [2.24, 2.45) is 0 Å². The van der Waals surface area contributed by atoms with Crippen molar-refractivity contribution >= 4 is 17.9 Å². The van der Waals surface area contributed by atoms with Crippen LogP contribution in [0.25, 0.3) is 0 Å². The molecular formula is C63H102O6. The standard InChI is InChI=1S/C63H102O6/c1-4-7-10-13-15-17-19-21-22-23-24-25-26-27-28-29-30-31-32-33-34-35-36-37-38-39-40-42-43-45-47-50-53-56-62(65)68-59-60(58-67-61(64)55-52-49-12-9-6-3)69-63(66)57-54-51-48-46-44-41-20-18-16-14-11-8-5-2/h7,10,15,17,21-22,24-25,27-28,30-31,33-34,36-37,39-40,43,45,60H,4-6,8-9,11-14,16,18-20,23,26,29,32,35,38,41-42,44,46-59H2,1-3H3/b10-7-,17-15-,22-21-,25-24-,28-27-,31-30-,34-33-,37-36-,40-39-,45-43-. The van der Waals surface area contributed by atoms with Crippen molar-refractivity contribution in [1.82, 2.24) is 0 Å². The molecule has 6 heteroatoms. The van der Waals surface area contributed by atoms with E-state index >= 15 is 0 Å². The van der Waals surface area contributed by atoms with Gasteiger partial charge in [-0.2, -0.15) is 0 Å². The second-order valence-corrected chi connectivity index (χ2v) is 18.1. The summed E-state index contributed by atoms with van der Waals surface area (Å²) in [6.45, 7) is 6.39. The van der Waals surface area contributed by atoms with Crippen LogP contribution >= 0.6 is 0 Å². The molecule has 1 atom stereocenters. The summed E-state index contributed by atoms with van der Waals surface area (Å²) in [4.78, 5) is 37.7. The molecule has 0 aliphatic carbocycles. The summed E-state index contributed by atoms with van der Waals surface area (Å²) in [7, 11) is 0. The molecule has 6 nitrogen and oxygen atoms in total. The van der Waals surface area contributed by atoms with E-state index in [0.29, 0.717) is 19.3 Å². The number of unbranched alkanes of at least 4 members (excludes halogenated alkanes) is 18. The van der Waals surface area contributed by atoms with Gasteiger partial charge in [0.25, 0.3) is 0 Å². The van der Waals surface area contributed by atoms with E-state index in [1.54, 1.807) is 0 Å². The van der Waals surface area contributed by atoms with Crippen molar-refractivity contribution in [1.29, 1.82) is 0 Å². The zero-order valence-corrected chi connectivity index (χ0v) is 44.5. The maximum absolute atomic E-state index is 12.7. The van der Waals surface area contributed by atoms with Crippen LogP contribution in [0.15, 0.2) is 122 Å². The molecule has 0 aromatic rings. The van der Waals surface area contributed by atoms with Crippen molar-refractivity contribution in [3.8, 4) is 0 Å². The van der Waals surface area contributed by atoms with Crippen LogP contribution in [0.1, 0.15) is 239 Å². The minimum Gasteiger partial charge on any atom is -0.462 e. The summed E-state index contributed by atoms with van der Waals surface area (Å²) in [5.41, 5.74) is 0. The van der Waals surface area contributed by atoms with Gasteiger partial charge in [-0.3, -0.25) is 14.4 Å². The van der Waals surface area contributed by atoms with Crippen LogP contribution in [0, 0.1) is 0 Å². The van der Waals surface area contributed by atoms with Gasteiger partial charge in [-0.15, -0.1) is 0 Å². The average molecular weight is 956 g/mol. The number of ether oxygens (including phenoxy) is 3. The fraction of sp³-hybridized carbons (Fsp3) is 0.635. The molecule has 0 fully saturated rings. The van der Waals surface area contributed by atoms with Gasteiger partial charge >= 0.3 is 17.9 Å². The fourth-order valence-electron chi connectivity index (χ4n) is 7.29. The van der Waals surface area contributed by atoms with Gasteiger partial charge in [0.2, 0.25) is 0 Å². The van der Waals surface area contributed by atoms with E-state index in [1.807, 2.05) is 0 Å². The average Bonchev–Trinajstić information content (AvgIpc) is 3.35. The van der Waals surface area contributed by atoms with Gasteiger partial charge < -0.3 is 14.2 Å². The molecule has 390 valence electrons. The Kier molecular flexibility index (Phi) is 53.0. The highest BCUT2D eigenvalue weighted by atomic mass is 16.6. The lowest BCUT2D eigenvalue weighted by molar-refractivity contribution is -0.167. The van der Waals surface area contributed by atoms with E-state index in [-0.39, 0.29) is 31.1 Å². The van der Waals surface area contributed by atoms with E-state index in [9.17, 15) is 14.4 Å². The molecule has 0 amide bonds. The highest BCUT2D eigenvalue weighted by Gasteiger charge is 2.19. The third kappa shape index (κ3) is 54.6. The van der Waals surface area contributed by atoms with E-state index in [4.69, 9.17) is 14.2 Å². The van der Waals surface area contributed by atoms with Gasteiger partial charge in [0.1, 0.15) is 13.2 Å². The molecule has 0 saturated carbocycles. The van der Waals surface area contributed by atoms with Gasteiger partial charge in [-0.25, -0.2) is 0 Å². The molecule has 0 N–H and O–H groups in total. The summed E-state index contributed by atoms with van der Waals surface area (Å²) in [5, 5.41) is 0. The van der Waals surface area contributed by atoms with Gasteiger partial charge in [0.15, 0.2) is 6.10 Å².